The zero-order valence-electron chi connectivity index (χ0n) is 69.0. The minimum absolute atomic E-state index is 0.109. The van der Waals surface area contributed by atoms with Gasteiger partial charge in [-0.3, -0.25) is 37.3 Å². The predicted octanol–water partition coefficient (Wildman–Crippen LogP) is 26.2. The molecule has 0 rings (SSSR count). The van der Waals surface area contributed by atoms with E-state index in [1.807, 2.05) is 0 Å². The molecule has 0 saturated carbocycles. The Bertz CT molecular complexity index is 2010. The van der Waals surface area contributed by atoms with E-state index >= 15 is 0 Å². The number of aliphatic hydroxyl groups is 1. The first-order valence-corrected chi connectivity index (χ1v) is 47.6. The van der Waals surface area contributed by atoms with Crippen LogP contribution in [0.15, 0.2) is 0 Å². The molecular weight excluding hydrogens is 1370 g/mol. The van der Waals surface area contributed by atoms with Gasteiger partial charge in [0.2, 0.25) is 0 Å². The van der Waals surface area contributed by atoms with Crippen LogP contribution in [0.4, 0.5) is 0 Å². The number of hydrogen-bond acceptors (Lipinski definition) is 15. The van der Waals surface area contributed by atoms with Crippen LogP contribution in [-0.4, -0.2) is 96.7 Å². The maximum absolute atomic E-state index is 13.1. The Kier molecular flexibility index (Phi) is 76.0. The molecule has 0 heterocycles. The van der Waals surface area contributed by atoms with Crippen LogP contribution >= 0.6 is 15.6 Å². The van der Waals surface area contributed by atoms with Gasteiger partial charge in [-0.1, -0.05) is 408 Å². The summed E-state index contributed by atoms with van der Waals surface area (Å²) < 4.78 is 68.8. The number of ether oxygens (including phenoxy) is 4. The van der Waals surface area contributed by atoms with Gasteiger partial charge in [0.15, 0.2) is 12.2 Å². The first-order chi connectivity index (χ1) is 50.9. The number of carbonyl (C=O) groups excluding carboxylic acids is 4. The van der Waals surface area contributed by atoms with Crippen LogP contribution in [0, 0.1) is 11.8 Å². The molecule has 105 heavy (non-hydrogen) atoms. The minimum atomic E-state index is -4.97. The number of unbranched alkanes of at least 4 members (excludes halogenated alkanes) is 53. The average Bonchev–Trinajstić information content (AvgIpc) is 0.904. The van der Waals surface area contributed by atoms with Crippen molar-refractivity contribution in [1.82, 2.24) is 0 Å². The molecule has 0 aliphatic rings. The summed E-state index contributed by atoms with van der Waals surface area (Å²) in [6, 6.07) is 0. The van der Waals surface area contributed by atoms with Gasteiger partial charge in [0.25, 0.3) is 0 Å². The van der Waals surface area contributed by atoms with Crippen molar-refractivity contribution >= 4 is 39.5 Å². The predicted molar refractivity (Wildman–Crippen MR) is 432 cm³/mol. The number of hydrogen-bond donors (Lipinski definition) is 3. The first kappa shape index (κ1) is 103. The van der Waals surface area contributed by atoms with Gasteiger partial charge in [-0.25, -0.2) is 9.13 Å². The van der Waals surface area contributed by atoms with Crippen LogP contribution in [0.5, 0.6) is 0 Å². The van der Waals surface area contributed by atoms with Crippen molar-refractivity contribution < 1.29 is 80.2 Å². The zero-order valence-corrected chi connectivity index (χ0v) is 70.8. The fourth-order valence-electron chi connectivity index (χ4n) is 13.4. The third-order valence-corrected chi connectivity index (χ3v) is 22.8. The highest BCUT2D eigenvalue weighted by molar-refractivity contribution is 7.47. The van der Waals surface area contributed by atoms with Gasteiger partial charge in [0, 0.05) is 25.7 Å². The smallest absolute Gasteiger partial charge is 0.462 e. The molecule has 0 fully saturated rings. The molecule has 7 atom stereocenters. The summed E-state index contributed by atoms with van der Waals surface area (Å²) >= 11 is 0. The standard InChI is InChI=1S/C86H168O17P2/c1-7-11-13-15-17-19-20-21-22-25-29-36-41-46-52-58-64-70-85(90)102-81(74-96-83(88)68-62-56-50-18-16-14-12-8-2)76-100-104(92,93)98-72-80(87)73-99-105(94,95)101-77-82(75-97-84(89)69-63-57-51-45-40-35-32-31-34-39-44-49-55-61-67-79(6)10-4)103-86(91)71-65-59-53-47-42-37-30-27-24-23-26-28-33-38-43-48-54-60-66-78(5)9-3/h78-82,87H,7-77H2,1-6H3,(H,92,93)(H,94,95)/t78?,79?,80-,81+,82+/m0/s1. The summed E-state index contributed by atoms with van der Waals surface area (Å²) in [4.78, 5) is 73.1. The lowest BCUT2D eigenvalue weighted by atomic mass is 9.99. The molecule has 0 bridgehead atoms. The lowest BCUT2D eigenvalue weighted by Gasteiger charge is -2.21. The van der Waals surface area contributed by atoms with E-state index in [-0.39, 0.29) is 25.7 Å². The molecule has 0 aromatic heterocycles. The van der Waals surface area contributed by atoms with Crippen LogP contribution in [-0.2, 0) is 65.4 Å². The van der Waals surface area contributed by atoms with Crippen LogP contribution in [0.1, 0.15) is 459 Å². The molecule has 0 amide bonds. The molecule has 0 aliphatic heterocycles. The van der Waals surface area contributed by atoms with E-state index in [9.17, 15) is 43.2 Å². The number of esters is 4. The third kappa shape index (κ3) is 77.2. The maximum atomic E-state index is 13.1. The van der Waals surface area contributed by atoms with E-state index in [0.29, 0.717) is 25.7 Å². The van der Waals surface area contributed by atoms with Gasteiger partial charge in [0.1, 0.15) is 19.3 Å². The lowest BCUT2D eigenvalue weighted by molar-refractivity contribution is -0.161. The summed E-state index contributed by atoms with van der Waals surface area (Å²) in [5, 5.41) is 10.7. The summed E-state index contributed by atoms with van der Waals surface area (Å²) in [7, 11) is -9.92. The normalized spacial score (nSPS) is 14.3. The average molecular weight is 1540 g/mol. The Balaban J connectivity index is 5.19. The SMILES string of the molecule is CCCCCCCCCCCCCCCCCCCC(=O)O[C@H](COC(=O)CCCCCCCCCC)COP(=O)(O)OC[C@H](O)COP(=O)(O)OC[C@@H](COC(=O)CCCCCCCCCCCCCCCCC(C)CC)OC(=O)CCCCCCCCCCCCCCCCCCCCC(C)CC. The first-order valence-electron chi connectivity index (χ1n) is 44.6. The number of carbonyl (C=O) groups is 4. The Labute approximate surface area is 645 Å². The van der Waals surface area contributed by atoms with E-state index in [1.165, 1.54) is 270 Å². The topological polar surface area (TPSA) is 237 Å². The Morgan fingerprint density at radius 1 is 0.267 bits per heavy atom. The molecule has 0 radical (unpaired) electrons. The van der Waals surface area contributed by atoms with Crippen LogP contribution < -0.4 is 0 Å². The van der Waals surface area contributed by atoms with Crippen molar-refractivity contribution in [2.45, 2.75) is 477 Å². The highest BCUT2D eigenvalue weighted by Gasteiger charge is 2.30. The third-order valence-electron chi connectivity index (χ3n) is 20.9. The Hall–Kier alpha value is -1.94. The van der Waals surface area contributed by atoms with E-state index in [4.69, 9.17) is 37.0 Å². The summed E-state index contributed by atoms with van der Waals surface area (Å²) in [5.74, 6) is -0.383. The fraction of sp³-hybridized carbons (Fsp3) is 0.953. The molecular formula is C86H168O17P2. The number of aliphatic hydroxyl groups excluding tert-OH is 1. The molecule has 3 N–H and O–H groups in total. The molecule has 19 heteroatoms. The van der Waals surface area contributed by atoms with E-state index in [1.54, 1.807) is 0 Å². The Morgan fingerprint density at radius 3 is 0.676 bits per heavy atom. The second-order valence-electron chi connectivity index (χ2n) is 31.4. The largest absolute Gasteiger partial charge is 0.472 e. The number of phosphoric ester groups is 2. The molecule has 17 nitrogen and oxygen atoms in total. The lowest BCUT2D eigenvalue weighted by Crippen LogP contribution is -2.30. The molecule has 0 aromatic rings. The zero-order chi connectivity index (χ0) is 77.1. The summed E-state index contributed by atoms with van der Waals surface area (Å²) in [6.07, 6.45) is 69.4. The van der Waals surface area contributed by atoms with Gasteiger partial charge in [-0.05, 0) is 37.5 Å². The molecule has 0 aliphatic carbocycles. The van der Waals surface area contributed by atoms with E-state index in [0.717, 1.165) is 108 Å². The van der Waals surface area contributed by atoms with Gasteiger partial charge in [-0.15, -0.1) is 0 Å². The van der Waals surface area contributed by atoms with E-state index < -0.39 is 97.5 Å². The molecule has 0 aromatic carbocycles. The monoisotopic (exact) mass is 1540 g/mol. The van der Waals surface area contributed by atoms with Gasteiger partial charge in [0.05, 0.1) is 26.4 Å². The summed E-state index contributed by atoms with van der Waals surface area (Å²) in [6.45, 7) is 9.77. The second-order valence-corrected chi connectivity index (χ2v) is 34.3. The van der Waals surface area contributed by atoms with Crippen molar-refractivity contribution in [1.29, 1.82) is 0 Å². The number of rotatable bonds is 85. The second kappa shape index (κ2) is 77.4. The number of phosphoric acid groups is 2. The van der Waals surface area contributed by atoms with Gasteiger partial charge < -0.3 is 33.8 Å². The molecule has 0 saturated heterocycles. The summed E-state index contributed by atoms with van der Waals surface area (Å²) in [5.41, 5.74) is 0. The van der Waals surface area contributed by atoms with Crippen molar-refractivity contribution in [3.05, 3.63) is 0 Å². The van der Waals surface area contributed by atoms with Crippen molar-refractivity contribution in [3.63, 3.8) is 0 Å². The molecule has 4 unspecified atom stereocenters. The molecule has 0 spiro atoms. The fourth-order valence-corrected chi connectivity index (χ4v) is 14.9. The van der Waals surface area contributed by atoms with Crippen LogP contribution in [0.2, 0.25) is 0 Å². The van der Waals surface area contributed by atoms with Crippen LogP contribution in [0.25, 0.3) is 0 Å². The molecule has 624 valence electrons. The van der Waals surface area contributed by atoms with Crippen LogP contribution in [0.3, 0.4) is 0 Å². The van der Waals surface area contributed by atoms with Crippen molar-refractivity contribution in [2.24, 2.45) is 11.8 Å². The van der Waals surface area contributed by atoms with E-state index in [2.05, 4.69) is 41.5 Å². The van der Waals surface area contributed by atoms with Crippen molar-refractivity contribution in [2.75, 3.05) is 39.6 Å². The highest BCUT2D eigenvalue weighted by Crippen LogP contribution is 2.45. The highest BCUT2D eigenvalue weighted by atomic mass is 31.2. The minimum Gasteiger partial charge on any atom is -0.462 e. The maximum Gasteiger partial charge on any atom is 0.472 e. The Morgan fingerprint density at radius 2 is 0.457 bits per heavy atom. The van der Waals surface area contributed by atoms with Gasteiger partial charge >= 0.3 is 39.5 Å². The quantitative estimate of drug-likeness (QED) is 0.0222. The van der Waals surface area contributed by atoms with Crippen molar-refractivity contribution in [3.8, 4) is 0 Å². The van der Waals surface area contributed by atoms with Gasteiger partial charge in [-0.2, -0.15) is 0 Å².